The maximum atomic E-state index is 10.9. The highest BCUT2D eigenvalue weighted by atomic mass is 32.2. The van der Waals surface area contributed by atoms with Crippen molar-refractivity contribution in [1.29, 1.82) is 0 Å². The molecule has 0 aliphatic carbocycles. The van der Waals surface area contributed by atoms with Crippen LogP contribution in [-0.4, -0.2) is 19.7 Å². The summed E-state index contributed by atoms with van der Waals surface area (Å²) in [7, 11) is -3.21. The minimum atomic E-state index is -3.21. The molecule has 0 aliphatic rings. The third-order valence-corrected chi connectivity index (χ3v) is 3.03. The first-order valence-electron chi connectivity index (χ1n) is 5.40. The molecule has 0 fully saturated rings. The first-order chi connectivity index (χ1) is 8.44. The summed E-state index contributed by atoms with van der Waals surface area (Å²) in [5.41, 5.74) is 2.58. The number of hydrogen-bond donors (Lipinski definition) is 1. The van der Waals surface area contributed by atoms with E-state index in [1.165, 1.54) is 6.26 Å². The van der Waals surface area contributed by atoms with E-state index in [0.29, 0.717) is 11.6 Å². The van der Waals surface area contributed by atoms with Crippen LogP contribution in [0.5, 0.6) is 0 Å². The lowest BCUT2D eigenvalue weighted by molar-refractivity contribution is 0.570. The molecule has 0 radical (unpaired) electrons. The van der Waals surface area contributed by atoms with Gasteiger partial charge in [0.25, 0.3) is 0 Å². The van der Waals surface area contributed by atoms with Gasteiger partial charge < -0.3 is 4.42 Å². The number of nitrogens with one attached hydrogen (secondary N) is 1. The Morgan fingerprint density at radius 2 is 1.94 bits per heavy atom. The zero-order valence-electron chi connectivity index (χ0n) is 10.2. The van der Waals surface area contributed by atoms with Crippen molar-refractivity contribution in [2.45, 2.75) is 13.5 Å². The molecule has 96 valence electrons. The van der Waals surface area contributed by atoms with Gasteiger partial charge in [-0.25, -0.2) is 18.1 Å². The van der Waals surface area contributed by atoms with Crippen molar-refractivity contribution in [3.05, 3.63) is 41.8 Å². The minimum absolute atomic E-state index is 0.133. The van der Waals surface area contributed by atoms with Crippen molar-refractivity contribution in [3.8, 4) is 11.5 Å². The van der Waals surface area contributed by atoms with Crippen molar-refractivity contribution >= 4 is 10.0 Å². The van der Waals surface area contributed by atoms with Crippen molar-refractivity contribution in [2.24, 2.45) is 0 Å². The van der Waals surface area contributed by atoms with Gasteiger partial charge in [-0.2, -0.15) is 0 Å². The molecule has 1 aromatic carbocycles. The Labute approximate surface area is 106 Å². The lowest BCUT2D eigenvalue weighted by Gasteiger charge is -1.97. The predicted molar refractivity (Wildman–Crippen MR) is 68.4 cm³/mol. The van der Waals surface area contributed by atoms with Crippen molar-refractivity contribution in [1.82, 2.24) is 9.71 Å². The van der Waals surface area contributed by atoms with Crippen LogP contribution in [0.1, 0.15) is 11.3 Å². The van der Waals surface area contributed by atoms with Crippen molar-refractivity contribution in [3.63, 3.8) is 0 Å². The average Bonchev–Trinajstić information content (AvgIpc) is 2.75. The second kappa shape index (κ2) is 4.91. The number of rotatable bonds is 4. The highest BCUT2D eigenvalue weighted by molar-refractivity contribution is 7.88. The van der Waals surface area contributed by atoms with E-state index >= 15 is 0 Å². The molecular weight excluding hydrogens is 252 g/mol. The third kappa shape index (κ3) is 3.41. The fourth-order valence-electron chi connectivity index (χ4n) is 1.42. The summed E-state index contributed by atoms with van der Waals surface area (Å²) in [6.45, 7) is 2.13. The molecule has 6 heteroatoms. The topological polar surface area (TPSA) is 72.2 Å². The number of nitrogens with zero attached hydrogens (tertiary/aromatic N) is 1. The summed E-state index contributed by atoms with van der Waals surface area (Å²) in [5.74, 6) is 0.486. The molecule has 5 nitrogen and oxygen atoms in total. The Morgan fingerprint density at radius 1 is 1.28 bits per heavy atom. The van der Waals surface area contributed by atoms with Gasteiger partial charge in [0, 0.05) is 5.56 Å². The van der Waals surface area contributed by atoms with Crippen LogP contribution in [0, 0.1) is 6.92 Å². The average molecular weight is 266 g/mol. The Hall–Kier alpha value is -1.66. The summed E-state index contributed by atoms with van der Waals surface area (Å²) < 4.78 is 29.6. The van der Waals surface area contributed by atoms with E-state index in [-0.39, 0.29) is 6.54 Å². The van der Waals surface area contributed by atoms with Crippen molar-refractivity contribution < 1.29 is 12.8 Å². The molecule has 0 atom stereocenters. The molecule has 0 amide bonds. The number of sulfonamides is 1. The quantitative estimate of drug-likeness (QED) is 0.914. The molecule has 18 heavy (non-hydrogen) atoms. The van der Waals surface area contributed by atoms with Gasteiger partial charge in [-0.1, -0.05) is 17.7 Å². The highest BCUT2D eigenvalue weighted by Gasteiger charge is 2.08. The van der Waals surface area contributed by atoms with E-state index in [4.69, 9.17) is 4.42 Å². The van der Waals surface area contributed by atoms with Gasteiger partial charge in [0.1, 0.15) is 6.26 Å². The fourth-order valence-corrected chi connectivity index (χ4v) is 1.83. The Balaban J connectivity index is 2.13. The molecule has 1 N–H and O–H groups in total. The largest absolute Gasteiger partial charge is 0.444 e. The van der Waals surface area contributed by atoms with E-state index in [0.717, 1.165) is 17.4 Å². The predicted octanol–water partition coefficient (Wildman–Crippen LogP) is 1.70. The van der Waals surface area contributed by atoms with Gasteiger partial charge in [0.2, 0.25) is 15.9 Å². The number of aryl methyl sites for hydroxylation is 1. The SMILES string of the molecule is Cc1ccc(-c2nc(CNS(C)(=O)=O)co2)cc1. The summed E-state index contributed by atoms with van der Waals surface area (Å²) in [6, 6.07) is 7.76. The van der Waals surface area contributed by atoms with Crippen LogP contribution < -0.4 is 4.72 Å². The van der Waals surface area contributed by atoms with Crippen LogP contribution in [0.25, 0.3) is 11.5 Å². The summed E-state index contributed by atoms with van der Waals surface area (Å²) in [6.07, 6.45) is 2.56. The van der Waals surface area contributed by atoms with Crippen LogP contribution in [0.4, 0.5) is 0 Å². The summed E-state index contributed by atoms with van der Waals surface area (Å²) >= 11 is 0. The number of oxazole rings is 1. The smallest absolute Gasteiger partial charge is 0.226 e. The Bertz CT molecular complexity index is 630. The van der Waals surface area contributed by atoms with Crippen LogP contribution in [0.3, 0.4) is 0 Å². The first-order valence-corrected chi connectivity index (χ1v) is 7.29. The third-order valence-electron chi connectivity index (χ3n) is 2.37. The van der Waals surface area contributed by atoms with E-state index < -0.39 is 10.0 Å². The van der Waals surface area contributed by atoms with Crippen LogP contribution in [0.15, 0.2) is 34.9 Å². The van der Waals surface area contributed by atoms with E-state index in [2.05, 4.69) is 9.71 Å². The fraction of sp³-hybridized carbons (Fsp3) is 0.250. The van der Waals surface area contributed by atoms with Gasteiger partial charge in [-0.3, -0.25) is 0 Å². The molecule has 0 saturated carbocycles. The van der Waals surface area contributed by atoms with Gasteiger partial charge in [-0.05, 0) is 19.1 Å². The maximum Gasteiger partial charge on any atom is 0.226 e. The lowest BCUT2D eigenvalue weighted by atomic mass is 10.1. The monoisotopic (exact) mass is 266 g/mol. The number of benzene rings is 1. The maximum absolute atomic E-state index is 10.9. The first kappa shape index (κ1) is 12.8. The van der Waals surface area contributed by atoms with Crippen LogP contribution in [0.2, 0.25) is 0 Å². The number of aromatic nitrogens is 1. The van der Waals surface area contributed by atoms with E-state index in [1.54, 1.807) is 0 Å². The zero-order valence-corrected chi connectivity index (χ0v) is 11.0. The van der Waals surface area contributed by atoms with Gasteiger partial charge >= 0.3 is 0 Å². The second-order valence-corrected chi connectivity index (χ2v) is 5.94. The molecule has 1 heterocycles. The second-order valence-electron chi connectivity index (χ2n) is 4.10. The molecule has 0 saturated heterocycles. The molecule has 0 unspecified atom stereocenters. The Kier molecular flexibility index (Phi) is 3.49. The molecule has 0 bridgehead atoms. The highest BCUT2D eigenvalue weighted by Crippen LogP contribution is 2.18. The zero-order chi connectivity index (χ0) is 13.2. The summed E-state index contributed by atoms with van der Waals surface area (Å²) in [5, 5.41) is 0. The normalized spacial score (nSPS) is 11.7. The van der Waals surface area contributed by atoms with E-state index in [9.17, 15) is 8.42 Å². The molecule has 1 aromatic heterocycles. The number of hydrogen-bond acceptors (Lipinski definition) is 4. The standard InChI is InChI=1S/C12H14N2O3S/c1-9-3-5-10(6-4-9)12-14-11(8-17-12)7-13-18(2,15)16/h3-6,8,13H,7H2,1-2H3. The van der Waals surface area contributed by atoms with Gasteiger partial charge in [-0.15, -0.1) is 0 Å². The van der Waals surface area contributed by atoms with Crippen LogP contribution in [-0.2, 0) is 16.6 Å². The summed E-state index contributed by atoms with van der Waals surface area (Å²) in [4.78, 5) is 4.22. The minimum Gasteiger partial charge on any atom is -0.444 e. The Morgan fingerprint density at radius 3 is 2.56 bits per heavy atom. The molecule has 0 aliphatic heterocycles. The van der Waals surface area contributed by atoms with E-state index in [1.807, 2.05) is 31.2 Å². The lowest BCUT2D eigenvalue weighted by Crippen LogP contribution is -2.21. The molecular formula is C12H14N2O3S. The molecule has 2 aromatic rings. The molecule has 2 rings (SSSR count). The van der Waals surface area contributed by atoms with Crippen molar-refractivity contribution in [2.75, 3.05) is 6.26 Å². The van der Waals surface area contributed by atoms with Crippen LogP contribution >= 0.6 is 0 Å². The van der Waals surface area contributed by atoms with Gasteiger partial charge in [0.05, 0.1) is 18.5 Å². The van der Waals surface area contributed by atoms with Gasteiger partial charge in [0.15, 0.2) is 0 Å². The molecule has 0 spiro atoms.